The molecule has 0 saturated heterocycles. The molecule has 0 spiro atoms. The molecule has 0 aliphatic heterocycles. The van der Waals surface area contributed by atoms with E-state index >= 15 is 0 Å². The van der Waals surface area contributed by atoms with Crippen LogP contribution >= 0.6 is 0 Å². The Morgan fingerprint density at radius 3 is 2.33 bits per heavy atom. The lowest BCUT2D eigenvalue weighted by atomic mass is 9.86. The molecule has 5 rings (SSSR count). The second kappa shape index (κ2) is 12.6. The van der Waals surface area contributed by atoms with Gasteiger partial charge in [-0.1, -0.05) is 54.6 Å². The first-order valence-electron chi connectivity index (χ1n) is 13.8. The number of anilines is 2. The molecule has 4 aromatic rings. The summed E-state index contributed by atoms with van der Waals surface area (Å²) in [6.07, 6.45) is 4.60. The monoisotopic (exact) mass is 523 g/mol. The maximum atomic E-state index is 12.6. The van der Waals surface area contributed by atoms with E-state index in [2.05, 4.69) is 16.7 Å². The molecule has 1 amide bonds. The topological polar surface area (TPSA) is 79.4 Å². The summed E-state index contributed by atoms with van der Waals surface area (Å²) < 4.78 is 5.84. The zero-order valence-electron chi connectivity index (χ0n) is 22.8. The number of hydrogen-bond donors (Lipinski definition) is 2. The second-order valence-corrected chi connectivity index (χ2v) is 10.5. The first-order chi connectivity index (χ1) is 19.0. The third kappa shape index (κ3) is 7.25. The minimum absolute atomic E-state index is 0.0639. The Labute approximate surface area is 230 Å². The molecular formula is C32H37N5O2. The fraction of sp³-hybridized carbons (Fsp3) is 0.344. The zero-order chi connectivity index (χ0) is 27.0. The van der Waals surface area contributed by atoms with Gasteiger partial charge in [0.1, 0.15) is 18.2 Å². The third-order valence-electron chi connectivity index (χ3n) is 7.31. The van der Waals surface area contributed by atoms with Gasteiger partial charge in [0.25, 0.3) is 0 Å². The Hall–Kier alpha value is -4.13. The Bertz CT molecular complexity index is 1370. The lowest BCUT2D eigenvalue weighted by Crippen LogP contribution is -2.34. The molecule has 1 heterocycles. The van der Waals surface area contributed by atoms with E-state index in [0.717, 1.165) is 65.8 Å². The van der Waals surface area contributed by atoms with Crippen LogP contribution in [0.25, 0.3) is 10.9 Å². The molecule has 1 fully saturated rings. The SMILES string of the molecule is CN(C)c1nc(N[C@H]2CC[C@@H](CNC(=O)Cc3ccc(OCc4ccccc4)cc3)CC2)nc2ccccc12. The van der Waals surface area contributed by atoms with E-state index < -0.39 is 0 Å². The van der Waals surface area contributed by atoms with Gasteiger partial charge in [0.05, 0.1) is 11.9 Å². The zero-order valence-corrected chi connectivity index (χ0v) is 22.8. The van der Waals surface area contributed by atoms with Crippen LogP contribution in [0.4, 0.5) is 11.8 Å². The summed E-state index contributed by atoms with van der Waals surface area (Å²) in [5.41, 5.74) is 3.07. The fourth-order valence-corrected chi connectivity index (χ4v) is 5.11. The molecule has 0 bridgehead atoms. The molecule has 202 valence electrons. The standard InChI is InChI=1S/C32H37N5O2/c1-37(2)31-28-10-6-7-11-29(28)35-32(36-31)34-26-16-12-24(13-17-26)21-33-30(38)20-23-14-18-27(19-15-23)39-22-25-8-4-3-5-9-25/h3-11,14-15,18-19,24,26H,12-13,16-17,20-22H2,1-2H3,(H,33,38)(H,34,35,36)/t24-,26+. The lowest BCUT2D eigenvalue weighted by molar-refractivity contribution is -0.120. The summed E-state index contributed by atoms with van der Waals surface area (Å²) in [6, 6.07) is 26.3. The maximum Gasteiger partial charge on any atom is 0.225 e. The van der Waals surface area contributed by atoms with Gasteiger partial charge >= 0.3 is 0 Å². The number of aromatic nitrogens is 2. The first-order valence-corrected chi connectivity index (χ1v) is 13.8. The normalized spacial score (nSPS) is 17.0. The van der Waals surface area contributed by atoms with Crippen molar-refractivity contribution in [1.82, 2.24) is 15.3 Å². The summed E-state index contributed by atoms with van der Waals surface area (Å²) >= 11 is 0. The molecule has 1 aliphatic rings. The molecule has 7 heteroatoms. The highest BCUT2D eigenvalue weighted by atomic mass is 16.5. The minimum atomic E-state index is 0.0639. The summed E-state index contributed by atoms with van der Waals surface area (Å²) in [5, 5.41) is 7.76. The molecular weight excluding hydrogens is 486 g/mol. The van der Waals surface area contributed by atoms with Gasteiger partial charge in [-0.2, -0.15) is 4.98 Å². The number of hydrogen-bond acceptors (Lipinski definition) is 6. The molecule has 3 aromatic carbocycles. The van der Waals surface area contributed by atoms with Crippen molar-refractivity contribution in [3.05, 3.63) is 90.0 Å². The highest BCUT2D eigenvalue weighted by Crippen LogP contribution is 2.28. The molecule has 7 nitrogen and oxygen atoms in total. The fourth-order valence-electron chi connectivity index (χ4n) is 5.11. The number of rotatable bonds is 10. The van der Waals surface area contributed by atoms with Crippen molar-refractivity contribution in [2.75, 3.05) is 30.9 Å². The number of nitrogens with zero attached hydrogens (tertiary/aromatic N) is 3. The number of ether oxygens (including phenoxy) is 1. The van der Waals surface area contributed by atoms with Crippen LogP contribution in [0, 0.1) is 5.92 Å². The average molecular weight is 524 g/mol. The van der Waals surface area contributed by atoms with Crippen LogP contribution in [0.3, 0.4) is 0 Å². The average Bonchev–Trinajstić information content (AvgIpc) is 2.96. The number of carbonyl (C=O) groups is 1. The van der Waals surface area contributed by atoms with Gasteiger partial charge < -0.3 is 20.3 Å². The van der Waals surface area contributed by atoms with Gasteiger partial charge in [0.2, 0.25) is 11.9 Å². The summed E-state index contributed by atoms with van der Waals surface area (Å²) in [6.45, 7) is 1.26. The van der Waals surface area contributed by atoms with Crippen LogP contribution < -0.4 is 20.3 Å². The number of nitrogens with one attached hydrogen (secondary N) is 2. The van der Waals surface area contributed by atoms with Crippen LogP contribution in [-0.4, -0.2) is 42.6 Å². The number of fused-ring (bicyclic) bond motifs is 1. The van der Waals surface area contributed by atoms with Crippen molar-refractivity contribution in [2.24, 2.45) is 5.92 Å². The van der Waals surface area contributed by atoms with Crippen LogP contribution in [0.5, 0.6) is 5.75 Å². The van der Waals surface area contributed by atoms with E-state index in [1.165, 1.54) is 0 Å². The van der Waals surface area contributed by atoms with Crippen molar-refractivity contribution in [3.8, 4) is 5.75 Å². The smallest absolute Gasteiger partial charge is 0.225 e. The molecule has 1 aromatic heterocycles. The van der Waals surface area contributed by atoms with E-state index in [9.17, 15) is 4.79 Å². The van der Waals surface area contributed by atoms with E-state index in [1.54, 1.807) is 0 Å². The van der Waals surface area contributed by atoms with E-state index in [-0.39, 0.29) is 5.91 Å². The quantitative estimate of drug-likeness (QED) is 0.282. The molecule has 0 unspecified atom stereocenters. The Balaban J connectivity index is 1.04. The van der Waals surface area contributed by atoms with E-state index in [4.69, 9.17) is 14.7 Å². The predicted octanol–water partition coefficient (Wildman–Crippen LogP) is 5.60. The number of carbonyl (C=O) groups excluding carboxylic acids is 1. The second-order valence-electron chi connectivity index (χ2n) is 10.5. The number of para-hydroxylation sites is 1. The first kappa shape index (κ1) is 26.5. The van der Waals surface area contributed by atoms with Crippen LogP contribution in [0.1, 0.15) is 36.8 Å². The largest absolute Gasteiger partial charge is 0.489 e. The van der Waals surface area contributed by atoms with Crippen molar-refractivity contribution in [1.29, 1.82) is 0 Å². The van der Waals surface area contributed by atoms with Crippen LogP contribution in [-0.2, 0) is 17.8 Å². The maximum absolute atomic E-state index is 12.6. The number of benzene rings is 3. The van der Waals surface area contributed by atoms with Gasteiger partial charge in [-0.3, -0.25) is 4.79 Å². The summed E-state index contributed by atoms with van der Waals surface area (Å²) in [4.78, 5) is 24.1. The van der Waals surface area contributed by atoms with Gasteiger partial charge in [-0.05, 0) is 67.0 Å². The van der Waals surface area contributed by atoms with Gasteiger partial charge in [0, 0.05) is 32.1 Å². The van der Waals surface area contributed by atoms with Gasteiger partial charge in [-0.25, -0.2) is 4.98 Å². The highest BCUT2D eigenvalue weighted by Gasteiger charge is 2.23. The molecule has 0 atom stereocenters. The van der Waals surface area contributed by atoms with Crippen molar-refractivity contribution in [3.63, 3.8) is 0 Å². The molecule has 1 saturated carbocycles. The molecule has 2 N–H and O–H groups in total. The Morgan fingerprint density at radius 1 is 0.872 bits per heavy atom. The predicted molar refractivity (Wildman–Crippen MR) is 157 cm³/mol. The molecule has 1 aliphatic carbocycles. The summed E-state index contributed by atoms with van der Waals surface area (Å²) in [7, 11) is 4.02. The van der Waals surface area contributed by atoms with Crippen molar-refractivity contribution >= 4 is 28.6 Å². The highest BCUT2D eigenvalue weighted by molar-refractivity contribution is 5.90. The Kier molecular flexibility index (Phi) is 8.56. The number of amides is 1. The molecule has 39 heavy (non-hydrogen) atoms. The minimum Gasteiger partial charge on any atom is -0.489 e. The van der Waals surface area contributed by atoms with E-state index in [1.807, 2.05) is 91.8 Å². The lowest BCUT2D eigenvalue weighted by Gasteiger charge is -2.29. The van der Waals surface area contributed by atoms with Gasteiger partial charge in [0.15, 0.2) is 0 Å². The third-order valence-corrected chi connectivity index (χ3v) is 7.31. The van der Waals surface area contributed by atoms with Gasteiger partial charge in [-0.15, -0.1) is 0 Å². The van der Waals surface area contributed by atoms with E-state index in [0.29, 0.717) is 30.9 Å². The summed E-state index contributed by atoms with van der Waals surface area (Å²) in [5.74, 6) is 2.98. The van der Waals surface area contributed by atoms with Crippen LogP contribution in [0.15, 0.2) is 78.9 Å². The van der Waals surface area contributed by atoms with Crippen molar-refractivity contribution < 1.29 is 9.53 Å². The Morgan fingerprint density at radius 2 is 1.59 bits per heavy atom. The van der Waals surface area contributed by atoms with Crippen molar-refractivity contribution in [2.45, 2.75) is 44.8 Å². The van der Waals surface area contributed by atoms with Crippen LogP contribution in [0.2, 0.25) is 0 Å². The molecule has 0 radical (unpaired) electrons.